The molecule has 0 amide bonds. The first-order chi connectivity index (χ1) is 17.2. The van der Waals surface area contributed by atoms with Crippen LogP contribution in [-0.4, -0.2) is 62.5 Å². The van der Waals surface area contributed by atoms with Crippen molar-refractivity contribution < 1.29 is 19.0 Å². The van der Waals surface area contributed by atoms with Gasteiger partial charge in [0.1, 0.15) is 5.75 Å². The normalized spacial score (nSPS) is 14.4. The predicted molar refractivity (Wildman–Crippen MR) is 140 cm³/mol. The minimum Gasteiger partial charge on any atom is -0.494 e. The smallest absolute Gasteiger partial charge is 0.494 e. The molecular weight excluding hydrogens is 462 g/mol. The first-order valence-corrected chi connectivity index (χ1v) is 12.8. The Morgan fingerprint density at radius 3 is 2.74 bits per heavy atom. The van der Waals surface area contributed by atoms with Gasteiger partial charge in [-0.15, -0.1) is 11.3 Å². The standard InChI is InChI=1S/C27H29N3O4S/c1-32-27(31)34-26-10-8-20-7-9-21(19-23(20)28-26)33-17-3-2-12-29-13-15-30(16-14-29)24-5-4-6-25-22(24)11-18-35-25/h4-11,18-19H,2-3,12-17H2,1H3. The number of unbranched alkanes of at least 4 members (excludes halogenated alkanes) is 1. The van der Waals surface area contributed by atoms with Gasteiger partial charge in [-0.2, -0.15) is 0 Å². The van der Waals surface area contributed by atoms with E-state index in [-0.39, 0.29) is 5.88 Å². The van der Waals surface area contributed by atoms with Crippen molar-refractivity contribution in [2.24, 2.45) is 0 Å². The van der Waals surface area contributed by atoms with Gasteiger partial charge in [0.15, 0.2) is 0 Å². The molecule has 0 saturated carbocycles. The molecule has 0 spiro atoms. The van der Waals surface area contributed by atoms with E-state index < -0.39 is 6.16 Å². The second-order valence-corrected chi connectivity index (χ2v) is 9.50. The Hall–Kier alpha value is -3.36. The van der Waals surface area contributed by atoms with Gasteiger partial charge in [-0.3, -0.25) is 4.90 Å². The summed E-state index contributed by atoms with van der Waals surface area (Å²) in [7, 11) is 1.27. The highest BCUT2D eigenvalue weighted by Crippen LogP contribution is 2.31. The number of hydrogen-bond donors (Lipinski definition) is 0. The lowest BCUT2D eigenvalue weighted by atomic mass is 10.2. The number of anilines is 1. The number of piperazine rings is 1. The number of carbonyl (C=O) groups excluding carboxylic acids is 1. The van der Waals surface area contributed by atoms with Crippen LogP contribution in [0, 0.1) is 0 Å². The van der Waals surface area contributed by atoms with Gasteiger partial charge < -0.3 is 19.1 Å². The zero-order valence-electron chi connectivity index (χ0n) is 19.8. The number of methoxy groups -OCH3 is 1. The number of ether oxygens (including phenoxy) is 3. The molecule has 3 heterocycles. The number of carbonyl (C=O) groups is 1. The molecule has 1 aliphatic rings. The Balaban J connectivity index is 1.05. The molecule has 182 valence electrons. The quantitative estimate of drug-likeness (QED) is 0.236. The van der Waals surface area contributed by atoms with Crippen LogP contribution < -0.4 is 14.4 Å². The van der Waals surface area contributed by atoms with Crippen LogP contribution in [0.25, 0.3) is 21.0 Å². The number of benzene rings is 2. The van der Waals surface area contributed by atoms with E-state index in [0.29, 0.717) is 12.1 Å². The lowest BCUT2D eigenvalue weighted by Crippen LogP contribution is -2.46. The van der Waals surface area contributed by atoms with Crippen LogP contribution in [0.4, 0.5) is 10.5 Å². The number of pyridine rings is 1. The minimum atomic E-state index is -0.787. The van der Waals surface area contributed by atoms with Gasteiger partial charge in [-0.1, -0.05) is 6.07 Å². The van der Waals surface area contributed by atoms with E-state index in [2.05, 4.69) is 49.2 Å². The highest BCUT2D eigenvalue weighted by molar-refractivity contribution is 7.17. The third-order valence-electron chi connectivity index (χ3n) is 6.32. The highest BCUT2D eigenvalue weighted by atomic mass is 32.1. The van der Waals surface area contributed by atoms with Crippen LogP contribution in [0.2, 0.25) is 0 Å². The van der Waals surface area contributed by atoms with Gasteiger partial charge >= 0.3 is 6.16 Å². The third-order valence-corrected chi connectivity index (χ3v) is 7.20. The number of fused-ring (bicyclic) bond motifs is 2. The van der Waals surface area contributed by atoms with Gasteiger partial charge in [-0.05, 0) is 61.2 Å². The van der Waals surface area contributed by atoms with Crippen molar-refractivity contribution in [2.75, 3.05) is 51.3 Å². The summed E-state index contributed by atoms with van der Waals surface area (Å²) in [4.78, 5) is 20.7. The molecule has 1 fully saturated rings. The van der Waals surface area contributed by atoms with E-state index >= 15 is 0 Å². The van der Waals surface area contributed by atoms with Gasteiger partial charge in [0.2, 0.25) is 5.88 Å². The predicted octanol–water partition coefficient (Wildman–Crippen LogP) is 5.58. The fourth-order valence-corrected chi connectivity index (χ4v) is 5.25. The maximum absolute atomic E-state index is 11.3. The molecule has 0 unspecified atom stereocenters. The molecule has 0 radical (unpaired) electrons. The molecule has 8 heteroatoms. The molecule has 35 heavy (non-hydrogen) atoms. The summed E-state index contributed by atoms with van der Waals surface area (Å²) in [5.41, 5.74) is 2.07. The van der Waals surface area contributed by atoms with Crippen LogP contribution in [0.15, 0.2) is 60.0 Å². The summed E-state index contributed by atoms with van der Waals surface area (Å²) in [6, 6.07) is 18.1. The van der Waals surface area contributed by atoms with Crippen molar-refractivity contribution in [1.29, 1.82) is 0 Å². The van der Waals surface area contributed by atoms with E-state index in [1.807, 2.05) is 35.6 Å². The van der Waals surface area contributed by atoms with E-state index in [9.17, 15) is 4.79 Å². The second-order valence-electron chi connectivity index (χ2n) is 8.55. The molecule has 0 N–H and O–H groups in total. The van der Waals surface area contributed by atoms with E-state index in [4.69, 9.17) is 9.47 Å². The fourth-order valence-electron chi connectivity index (χ4n) is 4.45. The molecule has 1 saturated heterocycles. The molecule has 0 aliphatic carbocycles. The van der Waals surface area contributed by atoms with E-state index in [1.165, 1.54) is 22.9 Å². The Labute approximate surface area is 208 Å². The highest BCUT2D eigenvalue weighted by Gasteiger charge is 2.18. The summed E-state index contributed by atoms with van der Waals surface area (Å²) >= 11 is 1.81. The Bertz CT molecular complexity index is 1300. The summed E-state index contributed by atoms with van der Waals surface area (Å²) < 4.78 is 16.8. The van der Waals surface area contributed by atoms with Crippen molar-refractivity contribution in [3.8, 4) is 11.6 Å². The van der Waals surface area contributed by atoms with Gasteiger partial charge in [-0.25, -0.2) is 9.78 Å². The van der Waals surface area contributed by atoms with Gasteiger partial charge in [0.05, 0.1) is 19.2 Å². The Morgan fingerprint density at radius 2 is 1.89 bits per heavy atom. The van der Waals surface area contributed by atoms with Crippen LogP contribution in [0.3, 0.4) is 0 Å². The lowest BCUT2D eigenvalue weighted by molar-refractivity contribution is 0.120. The Morgan fingerprint density at radius 1 is 1.03 bits per heavy atom. The van der Waals surface area contributed by atoms with Crippen LogP contribution in [0.5, 0.6) is 11.6 Å². The van der Waals surface area contributed by atoms with Crippen molar-refractivity contribution in [2.45, 2.75) is 12.8 Å². The molecular formula is C27H29N3O4S. The maximum atomic E-state index is 11.3. The summed E-state index contributed by atoms with van der Waals surface area (Å²) in [6.07, 6.45) is 1.31. The average molecular weight is 492 g/mol. The van der Waals surface area contributed by atoms with E-state index in [0.717, 1.165) is 56.7 Å². The number of aromatic nitrogens is 1. The second kappa shape index (κ2) is 10.9. The largest absolute Gasteiger partial charge is 0.514 e. The minimum absolute atomic E-state index is 0.202. The summed E-state index contributed by atoms with van der Waals surface area (Å²) in [6.45, 7) is 6.06. The molecule has 2 aromatic heterocycles. The number of thiophene rings is 1. The average Bonchev–Trinajstić information content (AvgIpc) is 3.38. The molecule has 1 aliphatic heterocycles. The van der Waals surface area contributed by atoms with Crippen LogP contribution in [-0.2, 0) is 4.74 Å². The van der Waals surface area contributed by atoms with Crippen molar-refractivity contribution in [3.63, 3.8) is 0 Å². The third kappa shape index (κ3) is 5.66. The van der Waals surface area contributed by atoms with Gasteiger partial charge in [0.25, 0.3) is 0 Å². The first-order valence-electron chi connectivity index (χ1n) is 11.9. The molecule has 5 rings (SSSR count). The number of nitrogens with zero attached hydrogens (tertiary/aromatic N) is 3. The molecule has 7 nitrogen and oxygen atoms in total. The summed E-state index contributed by atoms with van der Waals surface area (Å²) in [5.74, 6) is 0.963. The SMILES string of the molecule is COC(=O)Oc1ccc2ccc(OCCCCN3CCN(c4cccc5sccc45)CC3)cc2n1. The number of rotatable bonds is 8. The maximum Gasteiger partial charge on any atom is 0.514 e. The monoisotopic (exact) mass is 491 g/mol. The topological polar surface area (TPSA) is 64.1 Å². The summed E-state index contributed by atoms with van der Waals surface area (Å²) in [5, 5.41) is 4.50. The Kier molecular flexibility index (Phi) is 7.30. The molecule has 0 bridgehead atoms. The number of hydrogen-bond acceptors (Lipinski definition) is 8. The molecule has 4 aromatic rings. The first kappa shape index (κ1) is 23.4. The fraction of sp³-hybridized carbons (Fsp3) is 0.333. The molecule has 2 aromatic carbocycles. The zero-order chi connectivity index (χ0) is 24.0. The van der Waals surface area contributed by atoms with Crippen LogP contribution in [0.1, 0.15) is 12.8 Å². The lowest BCUT2D eigenvalue weighted by Gasteiger charge is -2.36. The van der Waals surface area contributed by atoms with E-state index in [1.54, 1.807) is 6.07 Å². The van der Waals surface area contributed by atoms with Crippen molar-refractivity contribution in [3.05, 3.63) is 60.0 Å². The molecule has 0 atom stereocenters. The van der Waals surface area contributed by atoms with Crippen molar-refractivity contribution >= 4 is 44.2 Å². The van der Waals surface area contributed by atoms with Crippen molar-refractivity contribution in [1.82, 2.24) is 9.88 Å². The zero-order valence-corrected chi connectivity index (χ0v) is 20.6. The van der Waals surface area contributed by atoms with Gasteiger partial charge in [0, 0.05) is 59.5 Å². The van der Waals surface area contributed by atoms with Crippen LogP contribution >= 0.6 is 11.3 Å².